The Hall–Kier alpha value is -0.430. The van der Waals surface area contributed by atoms with Crippen LogP contribution in [0.1, 0.15) is 10.4 Å². The summed E-state index contributed by atoms with van der Waals surface area (Å²) < 4.78 is 21.9. The molecule has 0 fully saturated rings. The van der Waals surface area contributed by atoms with E-state index in [9.17, 15) is 8.42 Å². The van der Waals surface area contributed by atoms with E-state index in [4.69, 9.17) is 0 Å². The van der Waals surface area contributed by atoms with Crippen LogP contribution in [0, 0.1) is 0 Å². The molecular weight excluding hydrogens is 268 g/mol. The fourth-order valence-electron chi connectivity index (χ4n) is 2.12. The molecule has 0 bridgehead atoms. The number of nitrogens with one attached hydrogen (secondary N) is 1. The van der Waals surface area contributed by atoms with E-state index in [0.717, 1.165) is 32.6 Å². The first-order valence-electron chi connectivity index (χ1n) is 6.20. The number of hydrogen-bond donors (Lipinski definition) is 1. The molecule has 2 heterocycles. The van der Waals surface area contributed by atoms with Crippen molar-refractivity contribution in [3.63, 3.8) is 0 Å². The highest BCUT2D eigenvalue weighted by atomic mass is 32.2. The maximum absolute atomic E-state index is 11.0. The summed E-state index contributed by atoms with van der Waals surface area (Å²) in [5, 5.41) is 5.35. The number of hydrogen-bond acceptors (Lipinski definition) is 5. The van der Waals surface area contributed by atoms with Crippen LogP contribution in [0.3, 0.4) is 0 Å². The number of rotatable bonds is 6. The van der Waals surface area contributed by atoms with E-state index in [1.54, 1.807) is 0 Å². The third kappa shape index (κ3) is 4.35. The van der Waals surface area contributed by atoms with E-state index >= 15 is 0 Å². The van der Waals surface area contributed by atoms with Gasteiger partial charge in [0.1, 0.15) is 9.84 Å². The van der Waals surface area contributed by atoms with Gasteiger partial charge in [0.2, 0.25) is 0 Å². The Morgan fingerprint density at radius 2 is 2.28 bits per heavy atom. The van der Waals surface area contributed by atoms with Gasteiger partial charge in [0.25, 0.3) is 0 Å². The molecule has 0 aromatic carbocycles. The molecule has 1 N–H and O–H groups in total. The van der Waals surface area contributed by atoms with Crippen LogP contribution in [-0.2, 0) is 22.8 Å². The zero-order valence-electron chi connectivity index (χ0n) is 10.7. The molecule has 4 nitrogen and oxygen atoms in total. The molecule has 0 saturated heterocycles. The van der Waals surface area contributed by atoms with Crippen LogP contribution in [0.2, 0.25) is 0 Å². The summed E-state index contributed by atoms with van der Waals surface area (Å²) in [6, 6.07) is 2.21. The van der Waals surface area contributed by atoms with Crippen molar-refractivity contribution in [1.82, 2.24) is 10.2 Å². The van der Waals surface area contributed by atoms with Crippen molar-refractivity contribution in [1.29, 1.82) is 0 Å². The first-order chi connectivity index (χ1) is 8.54. The van der Waals surface area contributed by atoms with Gasteiger partial charge in [-0.1, -0.05) is 0 Å². The molecule has 1 aromatic rings. The van der Waals surface area contributed by atoms with Crippen LogP contribution in [-0.4, -0.2) is 51.5 Å². The Morgan fingerprint density at radius 1 is 1.44 bits per heavy atom. The van der Waals surface area contributed by atoms with E-state index in [0.29, 0.717) is 6.54 Å². The van der Waals surface area contributed by atoms with Gasteiger partial charge in [-0.2, -0.15) is 0 Å². The van der Waals surface area contributed by atoms with Crippen LogP contribution in [0.25, 0.3) is 0 Å². The molecule has 2 rings (SSSR count). The van der Waals surface area contributed by atoms with Crippen molar-refractivity contribution >= 4 is 21.2 Å². The minimum Gasteiger partial charge on any atom is -0.314 e. The Balaban J connectivity index is 1.64. The Labute approximate surface area is 113 Å². The summed E-state index contributed by atoms with van der Waals surface area (Å²) in [4.78, 5) is 3.94. The van der Waals surface area contributed by atoms with E-state index in [2.05, 4.69) is 21.7 Å². The predicted molar refractivity (Wildman–Crippen MR) is 75.9 cm³/mol. The minimum atomic E-state index is -2.84. The molecule has 0 saturated carbocycles. The SMILES string of the molecule is CS(=O)(=O)CCNCCN1CCc2sccc2C1. The molecule has 6 heteroatoms. The highest BCUT2D eigenvalue weighted by Gasteiger charge is 2.16. The number of sulfone groups is 1. The quantitative estimate of drug-likeness (QED) is 0.785. The third-order valence-corrected chi connectivity index (χ3v) is 5.11. The first-order valence-corrected chi connectivity index (χ1v) is 9.15. The van der Waals surface area contributed by atoms with E-state index in [1.807, 2.05) is 11.3 Å². The van der Waals surface area contributed by atoms with Crippen LogP contribution < -0.4 is 5.32 Å². The van der Waals surface area contributed by atoms with E-state index < -0.39 is 9.84 Å². The van der Waals surface area contributed by atoms with Crippen molar-refractivity contribution in [3.8, 4) is 0 Å². The summed E-state index contributed by atoms with van der Waals surface area (Å²) in [6.07, 6.45) is 2.42. The maximum Gasteiger partial charge on any atom is 0.148 e. The molecule has 0 atom stereocenters. The van der Waals surface area contributed by atoms with E-state index in [-0.39, 0.29) is 5.75 Å². The maximum atomic E-state index is 11.0. The normalized spacial score (nSPS) is 16.7. The highest BCUT2D eigenvalue weighted by molar-refractivity contribution is 7.90. The Kier molecular flexibility index (Phi) is 4.77. The van der Waals surface area contributed by atoms with Crippen molar-refractivity contribution in [3.05, 3.63) is 21.9 Å². The number of thiophene rings is 1. The first kappa shape index (κ1) is 14.0. The van der Waals surface area contributed by atoms with Crippen molar-refractivity contribution < 1.29 is 8.42 Å². The van der Waals surface area contributed by atoms with Crippen LogP contribution >= 0.6 is 11.3 Å². The summed E-state index contributed by atoms with van der Waals surface area (Å²) in [5.41, 5.74) is 1.46. The fraction of sp³-hybridized carbons (Fsp3) is 0.667. The third-order valence-electron chi connectivity index (χ3n) is 3.14. The van der Waals surface area contributed by atoms with E-state index in [1.165, 1.54) is 16.7 Å². The van der Waals surface area contributed by atoms with Gasteiger partial charge in [-0.25, -0.2) is 8.42 Å². The zero-order valence-corrected chi connectivity index (χ0v) is 12.3. The molecule has 0 radical (unpaired) electrons. The molecule has 0 aliphatic carbocycles. The van der Waals surface area contributed by atoms with Crippen molar-refractivity contribution in [2.24, 2.45) is 0 Å². The molecule has 1 aliphatic heterocycles. The topological polar surface area (TPSA) is 49.4 Å². The van der Waals surface area contributed by atoms with Crippen LogP contribution in [0.4, 0.5) is 0 Å². The Morgan fingerprint density at radius 3 is 3.06 bits per heavy atom. The smallest absolute Gasteiger partial charge is 0.148 e. The molecule has 1 aliphatic rings. The lowest BCUT2D eigenvalue weighted by Gasteiger charge is -2.26. The summed E-state index contributed by atoms with van der Waals surface area (Å²) >= 11 is 1.85. The summed E-state index contributed by atoms with van der Waals surface area (Å²) in [5.74, 6) is 0.224. The minimum absolute atomic E-state index is 0.224. The average molecular weight is 288 g/mol. The molecule has 0 unspecified atom stereocenters. The molecule has 0 amide bonds. The monoisotopic (exact) mass is 288 g/mol. The molecular formula is C12H20N2O2S2. The average Bonchev–Trinajstić information content (AvgIpc) is 2.74. The van der Waals surface area contributed by atoms with Crippen molar-refractivity contribution in [2.75, 3.05) is 38.2 Å². The summed E-state index contributed by atoms with van der Waals surface area (Å²) in [6.45, 7) is 4.54. The lowest BCUT2D eigenvalue weighted by atomic mass is 10.1. The van der Waals surface area contributed by atoms with Gasteiger partial charge in [-0.3, -0.25) is 4.90 Å². The zero-order chi connectivity index (χ0) is 13.0. The van der Waals surface area contributed by atoms with Crippen LogP contribution in [0.5, 0.6) is 0 Å². The molecule has 102 valence electrons. The van der Waals surface area contributed by atoms with Gasteiger partial charge >= 0.3 is 0 Å². The lowest BCUT2D eigenvalue weighted by molar-refractivity contribution is 0.256. The van der Waals surface area contributed by atoms with Gasteiger partial charge in [-0.05, 0) is 23.4 Å². The summed E-state index contributed by atoms with van der Waals surface area (Å²) in [7, 11) is -2.84. The second-order valence-corrected chi connectivity index (χ2v) is 8.04. The van der Waals surface area contributed by atoms with Gasteiger partial charge in [0.05, 0.1) is 5.75 Å². The number of fused-ring (bicyclic) bond motifs is 1. The predicted octanol–water partition coefficient (Wildman–Crippen LogP) is 0.740. The standard InChI is InChI=1S/C12H20N2O2S2/c1-18(15,16)9-5-13-4-7-14-6-2-12-11(10-14)3-8-17-12/h3,8,13H,2,4-7,9-10H2,1H3. The van der Waals surface area contributed by atoms with Gasteiger partial charge < -0.3 is 5.32 Å². The van der Waals surface area contributed by atoms with Crippen LogP contribution in [0.15, 0.2) is 11.4 Å². The van der Waals surface area contributed by atoms with Gasteiger partial charge in [-0.15, -0.1) is 11.3 Å². The molecule has 1 aromatic heterocycles. The Bertz CT molecular complexity index is 482. The largest absolute Gasteiger partial charge is 0.314 e. The molecule has 0 spiro atoms. The second-order valence-electron chi connectivity index (χ2n) is 4.78. The van der Waals surface area contributed by atoms with Gasteiger partial charge in [0.15, 0.2) is 0 Å². The fourth-order valence-corrected chi connectivity index (χ4v) is 3.52. The van der Waals surface area contributed by atoms with Crippen molar-refractivity contribution in [2.45, 2.75) is 13.0 Å². The second kappa shape index (κ2) is 6.14. The van der Waals surface area contributed by atoms with Gasteiger partial charge in [0, 0.05) is 43.9 Å². The lowest BCUT2D eigenvalue weighted by Crippen LogP contribution is -2.36. The molecule has 18 heavy (non-hydrogen) atoms. The number of nitrogens with zero attached hydrogens (tertiary/aromatic N) is 1. The highest BCUT2D eigenvalue weighted by Crippen LogP contribution is 2.23.